The second kappa shape index (κ2) is 5.27. The van der Waals surface area contributed by atoms with E-state index in [2.05, 4.69) is 0 Å². The van der Waals surface area contributed by atoms with E-state index < -0.39 is 6.10 Å². The minimum Gasteiger partial charge on any atom is -0.497 e. The van der Waals surface area contributed by atoms with Crippen molar-refractivity contribution in [1.82, 2.24) is 0 Å². The maximum atomic E-state index is 10.2. The normalized spacial score (nSPS) is 12.5. The number of thiophene rings is 1. The van der Waals surface area contributed by atoms with Crippen molar-refractivity contribution in [1.29, 1.82) is 0 Å². The molecule has 1 atom stereocenters. The molecule has 1 heterocycles. The zero-order valence-electron chi connectivity index (χ0n) is 8.98. The van der Waals surface area contributed by atoms with Crippen LogP contribution in [0.3, 0.4) is 0 Å². The first-order valence-corrected chi connectivity index (χ1v) is 6.46. The molecule has 0 radical (unpaired) electrons. The molecule has 0 amide bonds. The van der Waals surface area contributed by atoms with Gasteiger partial charge in [-0.1, -0.05) is 35.3 Å². The summed E-state index contributed by atoms with van der Waals surface area (Å²) in [5, 5.41) is 10.2. The number of benzene rings is 1. The number of halogens is 2. The summed E-state index contributed by atoms with van der Waals surface area (Å²) in [6.07, 6.45) is -0.767. The summed E-state index contributed by atoms with van der Waals surface area (Å²) in [5.41, 5.74) is 1.38. The minimum absolute atomic E-state index is 0.512. The van der Waals surface area contributed by atoms with Crippen LogP contribution in [0.5, 0.6) is 5.75 Å². The van der Waals surface area contributed by atoms with Gasteiger partial charge < -0.3 is 9.84 Å². The van der Waals surface area contributed by atoms with E-state index in [9.17, 15) is 5.11 Å². The molecule has 90 valence electrons. The summed E-state index contributed by atoms with van der Waals surface area (Å²) in [5.74, 6) is 0.746. The number of methoxy groups -OCH3 is 1. The third kappa shape index (κ3) is 2.75. The molecule has 17 heavy (non-hydrogen) atoms. The van der Waals surface area contributed by atoms with Crippen molar-refractivity contribution in [2.75, 3.05) is 7.11 Å². The third-order valence-electron chi connectivity index (χ3n) is 2.41. The van der Waals surface area contributed by atoms with Gasteiger partial charge in [0.2, 0.25) is 0 Å². The second-order valence-electron chi connectivity index (χ2n) is 3.46. The molecule has 0 fully saturated rings. The topological polar surface area (TPSA) is 29.5 Å². The Morgan fingerprint density at radius 1 is 1.24 bits per heavy atom. The molecular formula is C12H10Cl2O2S. The van der Waals surface area contributed by atoms with Crippen LogP contribution in [0.25, 0.3) is 0 Å². The molecule has 0 bridgehead atoms. The number of aliphatic hydroxyl groups excluding tert-OH is 1. The Labute approximate surface area is 113 Å². The smallest absolute Gasteiger partial charge is 0.118 e. The Bertz CT molecular complexity index is 508. The first-order valence-electron chi connectivity index (χ1n) is 4.88. The number of rotatable bonds is 3. The molecule has 2 rings (SSSR count). The first kappa shape index (κ1) is 12.7. The Hall–Kier alpha value is -0.740. The highest BCUT2D eigenvalue weighted by molar-refractivity contribution is 7.20. The van der Waals surface area contributed by atoms with Gasteiger partial charge in [-0.15, -0.1) is 11.3 Å². The Kier molecular flexibility index (Phi) is 3.94. The maximum absolute atomic E-state index is 10.2. The van der Waals surface area contributed by atoms with Crippen molar-refractivity contribution in [3.8, 4) is 5.75 Å². The summed E-state index contributed by atoms with van der Waals surface area (Å²) in [7, 11) is 1.60. The molecule has 1 aromatic carbocycles. The molecule has 5 heteroatoms. The lowest BCUT2D eigenvalue weighted by Gasteiger charge is -2.10. The molecule has 0 aliphatic heterocycles. The zero-order valence-corrected chi connectivity index (χ0v) is 11.3. The molecular weight excluding hydrogens is 279 g/mol. The van der Waals surface area contributed by atoms with E-state index >= 15 is 0 Å². The predicted molar refractivity (Wildman–Crippen MR) is 71.4 cm³/mol. The average Bonchev–Trinajstić information content (AvgIpc) is 2.68. The van der Waals surface area contributed by atoms with Gasteiger partial charge in [-0.05, 0) is 23.8 Å². The van der Waals surface area contributed by atoms with Gasteiger partial charge in [0.05, 0.1) is 11.4 Å². The fourth-order valence-corrected chi connectivity index (χ4v) is 3.03. The predicted octanol–water partition coefficient (Wildman–Crippen LogP) is 4.15. The fraction of sp³-hybridized carbons (Fsp3) is 0.167. The molecule has 1 aromatic heterocycles. The summed E-state index contributed by atoms with van der Waals surface area (Å²) >= 11 is 13.1. The molecule has 0 saturated heterocycles. The van der Waals surface area contributed by atoms with Crippen LogP contribution in [0.15, 0.2) is 30.3 Å². The van der Waals surface area contributed by atoms with Gasteiger partial charge in [-0.25, -0.2) is 0 Å². The lowest BCUT2D eigenvalue weighted by molar-refractivity contribution is 0.221. The van der Waals surface area contributed by atoms with Gasteiger partial charge in [0.25, 0.3) is 0 Å². The van der Waals surface area contributed by atoms with Crippen molar-refractivity contribution in [3.63, 3.8) is 0 Å². The van der Waals surface area contributed by atoms with Gasteiger partial charge in [0, 0.05) is 5.56 Å². The summed E-state index contributed by atoms with van der Waals surface area (Å²) < 4.78 is 6.14. The molecule has 0 aliphatic carbocycles. The first-order chi connectivity index (χ1) is 8.11. The molecule has 1 N–H and O–H groups in total. The minimum atomic E-state index is -0.767. The highest BCUT2D eigenvalue weighted by atomic mass is 35.5. The molecule has 0 saturated carbocycles. The highest BCUT2D eigenvalue weighted by Crippen LogP contribution is 2.37. The number of aliphatic hydroxyl groups is 1. The van der Waals surface area contributed by atoms with Crippen LogP contribution in [0.4, 0.5) is 0 Å². The molecule has 0 spiro atoms. The molecule has 2 nitrogen and oxygen atoms in total. The third-order valence-corrected chi connectivity index (χ3v) is 3.93. The molecule has 2 aromatic rings. The van der Waals surface area contributed by atoms with E-state index in [1.54, 1.807) is 37.4 Å². The summed E-state index contributed by atoms with van der Waals surface area (Å²) in [4.78, 5) is 0. The van der Waals surface area contributed by atoms with Crippen LogP contribution in [-0.4, -0.2) is 12.2 Å². The summed E-state index contributed by atoms with van der Waals surface area (Å²) in [6, 6.07) is 8.86. The molecule has 1 unspecified atom stereocenters. The van der Waals surface area contributed by atoms with Crippen LogP contribution < -0.4 is 4.74 Å². The number of ether oxygens (including phenoxy) is 1. The number of hydrogen-bond acceptors (Lipinski definition) is 3. The van der Waals surface area contributed by atoms with Crippen LogP contribution in [0.2, 0.25) is 8.67 Å². The van der Waals surface area contributed by atoms with Crippen molar-refractivity contribution < 1.29 is 9.84 Å². The van der Waals surface area contributed by atoms with Gasteiger partial charge in [-0.3, -0.25) is 0 Å². The Morgan fingerprint density at radius 2 is 1.88 bits per heavy atom. The van der Waals surface area contributed by atoms with Crippen LogP contribution in [0.1, 0.15) is 17.2 Å². The van der Waals surface area contributed by atoms with E-state index in [-0.39, 0.29) is 0 Å². The van der Waals surface area contributed by atoms with Crippen molar-refractivity contribution >= 4 is 34.5 Å². The van der Waals surface area contributed by atoms with E-state index in [1.165, 1.54) is 11.3 Å². The Balaban J connectivity index is 2.30. The largest absolute Gasteiger partial charge is 0.497 e. The van der Waals surface area contributed by atoms with Crippen molar-refractivity contribution in [3.05, 3.63) is 50.1 Å². The van der Waals surface area contributed by atoms with E-state index in [1.807, 2.05) is 0 Å². The number of hydrogen-bond donors (Lipinski definition) is 1. The molecule has 0 aliphatic rings. The average molecular weight is 289 g/mol. The Morgan fingerprint density at radius 3 is 2.35 bits per heavy atom. The van der Waals surface area contributed by atoms with Gasteiger partial charge in [0.1, 0.15) is 16.2 Å². The van der Waals surface area contributed by atoms with Crippen molar-refractivity contribution in [2.24, 2.45) is 0 Å². The quantitative estimate of drug-likeness (QED) is 0.920. The van der Waals surface area contributed by atoms with E-state index in [0.717, 1.165) is 11.3 Å². The lowest BCUT2D eigenvalue weighted by Crippen LogP contribution is -1.98. The lowest BCUT2D eigenvalue weighted by atomic mass is 10.0. The van der Waals surface area contributed by atoms with E-state index in [4.69, 9.17) is 27.9 Å². The van der Waals surface area contributed by atoms with Crippen LogP contribution in [0, 0.1) is 0 Å². The fourth-order valence-electron chi connectivity index (χ4n) is 1.51. The van der Waals surface area contributed by atoms with Gasteiger partial charge in [-0.2, -0.15) is 0 Å². The van der Waals surface area contributed by atoms with Crippen LogP contribution in [-0.2, 0) is 0 Å². The second-order valence-corrected chi connectivity index (χ2v) is 5.74. The van der Waals surface area contributed by atoms with Gasteiger partial charge in [0.15, 0.2) is 0 Å². The highest BCUT2D eigenvalue weighted by Gasteiger charge is 2.16. The van der Waals surface area contributed by atoms with Crippen LogP contribution >= 0.6 is 34.5 Å². The summed E-state index contributed by atoms with van der Waals surface area (Å²) in [6.45, 7) is 0. The zero-order chi connectivity index (χ0) is 12.4. The van der Waals surface area contributed by atoms with Crippen molar-refractivity contribution in [2.45, 2.75) is 6.10 Å². The standard InChI is InChI=1S/C12H10Cl2O2S/c1-16-8-4-2-7(3-5-8)11(15)9-6-10(13)17-12(9)14/h2-6,11,15H,1H3. The maximum Gasteiger partial charge on any atom is 0.118 e. The van der Waals surface area contributed by atoms with E-state index in [0.29, 0.717) is 14.2 Å². The van der Waals surface area contributed by atoms with Gasteiger partial charge >= 0.3 is 0 Å². The monoisotopic (exact) mass is 288 g/mol. The SMILES string of the molecule is COc1ccc(C(O)c2cc(Cl)sc2Cl)cc1.